The quantitative estimate of drug-likeness (QED) is 0.567. The predicted octanol–water partition coefficient (Wildman–Crippen LogP) is 2.13. The molecule has 0 saturated carbocycles. The Morgan fingerprint density at radius 2 is 2.23 bits per heavy atom. The summed E-state index contributed by atoms with van der Waals surface area (Å²) < 4.78 is 0. The van der Waals surface area contributed by atoms with Gasteiger partial charge in [0.2, 0.25) is 0 Å². The summed E-state index contributed by atoms with van der Waals surface area (Å²) in [5.74, 6) is -0.0319. The molecule has 0 aromatic heterocycles. The molecule has 1 unspecified atom stereocenters. The van der Waals surface area contributed by atoms with Crippen molar-refractivity contribution in [1.82, 2.24) is 0 Å². The van der Waals surface area contributed by atoms with Crippen LogP contribution >= 0.6 is 0 Å². The van der Waals surface area contributed by atoms with Crippen LogP contribution in [0.1, 0.15) is 30.9 Å². The molecule has 1 rings (SSSR count). The van der Waals surface area contributed by atoms with Crippen LogP contribution in [-0.2, 0) is 11.2 Å². The van der Waals surface area contributed by atoms with Crippen molar-refractivity contribution < 1.29 is 4.79 Å². The highest BCUT2D eigenvalue weighted by atomic mass is 16.1. The van der Waals surface area contributed by atoms with Crippen molar-refractivity contribution in [2.24, 2.45) is 0 Å². The largest absolute Gasteiger partial charge is 0.399 e. The lowest BCUT2D eigenvalue weighted by molar-refractivity contribution is -0.108. The summed E-state index contributed by atoms with van der Waals surface area (Å²) >= 11 is 0. The molecule has 0 radical (unpaired) electrons. The fourth-order valence-electron chi connectivity index (χ4n) is 1.45. The molecule has 0 amide bonds. The molecular formula is C11H15NO. The number of carbonyl (C=O) groups is 1. The number of anilines is 1. The van der Waals surface area contributed by atoms with E-state index < -0.39 is 0 Å². The average Bonchev–Trinajstić information content (AvgIpc) is 2.16. The molecule has 0 bridgehead atoms. The number of hydrogen-bond acceptors (Lipinski definition) is 2. The Labute approximate surface area is 78.8 Å². The SMILES string of the molecule is CCc1cc(N)ccc1C(C)C=O. The second-order valence-electron chi connectivity index (χ2n) is 3.24. The Hall–Kier alpha value is -1.31. The molecule has 70 valence electrons. The molecule has 0 saturated heterocycles. The molecule has 0 aliphatic heterocycles. The van der Waals surface area contributed by atoms with E-state index in [9.17, 15) is 4.79 Å². The van der Waals surface area contributed by atoms with E-state index in [1.165, 1.54) is 5.56 Å². The van der Waals surface area contributed by atoms with Crippen LogP contribution < -0.4 is 5.73 Å². The van der Waals surface area contributed by atoms with E-state index in [0.717, 1.165) is 24.0 Å². The van der Waals surface area contributed by atoms with Crippen LogP contribution in [0.4, 0.5) is 5.69 Å². The van der Waals surface area contributed by atoms with Gasteiger partial charge in [-0.3, -0.25) is 0 Å². The Kier molecular flexibility index (Phi) is 3.07. The lowest BCUT2D eigenvalue weighted by Gasteiger charge is -2.10. The number of hydrogen-bond donors (Lipinski definition) is 1. The van der Waals surface area contributed by atoms with Crippen LogP contribution in [0.15, 0.2) is 18.2 Å². The van der Waals surface area contributed by atoms with Gasteiger partial charge in [0.25, 0.3) is 0 Å². The standard InChI is InChI=1S/C11H15NO/c1-3-9-6-10(12)4-5-11(9)8(2)7-13/h4-8H,3,12H2,1-2H3. The van der Waals surface area contributed by atoms with E-state index in [-0.39, 0.29) is 5.92 Å². The summed E-state index contributed by atoms with van der Waals surface area (Å²) in [6.45, 7) is 3.97. The Balaban J connectivity index is 3.12. The first-order valence-electron chi connectivity index (χ1n) is 4.52. The van der Waals surface area contributed by atoms with Crippen molar-refractivity contribution in [2.75, 3.05) is 5.73 Å². The fraction of sp³-hybridized carbons (Fsp3) is 0.364. The normalized spacial score (nSPS) is 12.5. The van der Waals surface area contributed by atoms with Crippen LogP contribution in [0.2, 0.25) is 0 Å². The van der Waals surface area contributed by atoms with Crippen molar-refractivity contribution in [1.29, 1.82) is 0 Å². The summed E-state index contributed by atoms with van der Waals surface area (Å²) in [4.78, 5) is 10.6. The summed E-state index contributed by atoms with van der Waals surface area (Å²) in [7, 11) is 0. The topological polar surface area (TPSA) is 43.1 Å². The molecule has 2 nitrogen and oxygen atoms in total. The molecule has 1 aromatic carbocycles. The number of nitrogen functional groups attached to an aromatic ring is 1. The third-order valence-electron chi connectivity index (χ3n) is 2.24. The van der Waals surface area contributed by atoms with Crippen molar-refractivity contribution in [2.45, 2.75) is 26.2 Å². The highest BCUT2D eigenvalue weighted by Gasteiger charge is 2.08. The maximum atomic E-state index is 10.6. The summed E-state index contributed by atoms with van der Waals surface area (Å²) in [6.07, 6.45) is 1.88. The number of benzene rings is 1. The lowest BCUT2D eigenvalue weighted by atomic mass is 9.95. The first kappa shape index (κ1) is 9.78. The van der Waals surface area contributed by atoms with Gasteiger partial charge >= 0.3 is 0 Å². The molecule has 0 aliphatic rings. The minimum absolute atomic E-state index is 0.0319. The Morgan fingerprint density at radius 3 is 2.77 bits per heavy atom. The molecule has 1 aromatic rings. The maximum absolute atomic E-state index is 10.6. The van der Waals surface area contributed by atoms with E-state index in [1.807, 2.05) is 25.1 Å². The molecule has 13 heavy (non-hydrogen) atoms. The molecule has 2 N–H and O–H groups in total. The number of rotatable bonds is 3. The summed E-state index contributed by atoms with van der Waals surface area (Å²) in [5, 5.41) is 0. The summed E-state index contributed by atoms with van der Waals surface area (Å²) in [5.41, 5.74) is 8.67. The van der Waals surface area contributed by atoms with Gasteiger partial charge in [-0.15, -0.1) is 0 Å². The third kappa shape index (κ3) is 2.08. The van der Waals surface area contributed by atoms with E-state index in [0.29, 0.717) is 0 Å². The molecule has 0 aliphatic carbocycles. The highest BCUT2D eigenvalue weighted by molar-refractivity contribution is 5.63. The molecule has 0 spiro atoms. The van der Waals surface area contributed by atoms with Crippen LogP contribution in [-0.4, -0.2) is 6.29 Å². The molecule has 2 heteroatoms. The average molecular weight is 177 g/mol. The van der Waals surface area contributed by atoms with Gasteiger partial charge in [0.05, 0.1) is 0 Å². The van der Waals surface area contributed by atoms with Crippen molar-refractivity contribution >= 4 is 12.0 Å². The zero-order valence-electron chi connectivity index (χ0n) is 8.08. The Bertz CT molecular complexity index is 307. The van der Waals surface area contributed by atoms with E-state index in [4.69, 9.17) is 5.73 Å². The van der Waals surface area contributed by atoms with Gasteiger partial charge in [0.15, 0.2) is 0 Å². The molecule has 0 heterocycles. The number of aldehydes is 1. The van der Waals surface area contributed by atoms with Crippen LogP contribution in [0.3, 0.4) is 0 Å². The van der Waals surface area contributed by atoms with Gasteiger partial charge < -0.3 is 10.5 Å². The number of carbonyl (C=O) groups excluding carboxylic acids is 1. The maximum Gasteiger partial charge on any atom is 0.127 e. The van der Waals surface area contributed by atoms with Gasteiger partial charge in [0.1, 0.15) is 6.29 Å². The van der Waals surface area contributed by atoms with Crippen molar-refractivity contribution in [3.8, 4) is 0 Å². The van der Waals surface area contributed by atoms with Crippen LogP contribution in [0.25, 0.3) is 0 Å². The van der Waals surface area contributed by atoms with Gasteiger partial charge in [-0.1, -0.05) is 19.9 Å². The predicted molar refractivity (Wildman–Crippen MR) is 54.7 cm³/mol. The minimum atomic E-state index is -0.0319. The van der Waals surface area contributed by atoms with Gasteiger partial charge in [-0.25, -0.2) is 0 Å². The minimum Gasteiger partial charge on any atom is -0.399 e. The van der Waals surface area contributed by atoms with E-state index in [1.54, 1.807) is 0 Å². The number of aryl methyl sites for hydroxylation is 1. The zero-order chi connectivity index (χ0) is 9.84. The van der Waals surface area contributed by atoms with Crippen LogP contribution in [0, 0.1) is 0 Å². The van der Waals surface area contributed by atoms with Gasteiger partial charge in [-0.05, 0) is 29.7 Å². The molecular weight excluding hydrogens is 162 g/mol. The monoisotopic (exact) mass is 177 g/mol. The molecule has 0 fully saturated rings. The first-order valence-corrected chi connectivity index (χ1v) is 4.52. The van der Waals surface area contributed by atoms with E-state index >= 15 is 0 Å². The van der Waals surface area contributed by atoms with Crippen molar-refractivity contribution in [3.05, 3.63) is 29.3 Å². The molecule has 1 atom stereocenters. The zero-order valence-corrected chi connectivity index (χ0v) is 8.08. The van der Waals surface area contributed by atoms with Gasteiger partial charge in [-0.2, -0.15) is 0 Å². The van der Waals surface area contributed by atoms with E-state index in [2.05, 4.69) is 6.92 Å². The lowest BCUT2D eigenvalue weighted by Crippen LogP contribution is -2.00. The Morgan fingerprint density at radius 1 is 1.54 bits per heavy atom. The number of nitrogens with two attached hydrogens (primary N) is 1. The van der Waals surface area contributed by atoms with Crippen molar-refractivity contribution in [3.63, 3.8) is 0 Å². The second kappa shape index (κ2) is 4.08. The van der Waals surface area contributed by atoms with Crippen LogP contribution in [0.5, 0.6) is 0 Å². The third-order valence-corrected chi connectivity index (χ3v) is 2.24. The first-order chi connectivity index (χ1) is 6.19. The fourth-order valence-corrected chi connectivity index (χ4v) is 1.45. The smallest absolute Gasteiger partial charge is 0.127 e. The highest BCUT2D eigenvalue weighted by Crippen LogP contribution is 2.21. The van der Waals surface area contributed by atoms with Gasteiger partial charge in [0, 0.05) is 11.6 Å². The summed E-state index contributed by atoms with van der Waals surface area (Å²) in [6, 6.07) is 5.72. The second-order valence-corrected chi connectivity index (χ2v) is 3.24.